The van der Waals surface area contributed by atoms with Crippen molar-refractivity contribution in [2.24, 2.45) is 0 Å². The molecular formula is C13H13N3O3. The zero-order chi connectivity index (χ0) is 13.2. The lowest BCUT2D eigenvalue weighted by Crippen LogP contribution is -2.17. The van der Waals surface area contributed by atoms with Crippen molar-refractivity contribution in [3.63, 3.8) is 0 Å². The lowest BCUT2D eigenvalue weighted by atomic mass is 10.2. The van der Waals surface area contributed by atoms with E-state index in [1.165, 1.54) is 0 Å². The summed E-state index contributed by atoms with van der Waals surface area (Å²) >= 11 is 0. The van der Waals surface area contributed by atoms with Gasteiger partial charge < -0.3 is 14.8 Å². The third-order valence-corrected chi connectivity index (χ3v) is 2.88. The molecule has 0 bridgehead atoms. The Balaban J connectivity index is 1.80. The van der Waals surface area contributed by atoms with Crippen molar-refractivity contribution in [3.8, 4) is 11.5 Å². The SMILES string of the molecule is CCn1nccc1C(=O)Nc1ccc2c(c1)OCO2. The molecule has 1 aliphatic heterocycles. The van der Waals surface area contributed by atoms with Crippen molar-refractivity contribution in [1.29, 1.82) is 0 Å². The van der Waals surface area contributed by atoms with E-state index in [4.69, 9.17) is 9.47 Å². The average Bonchev–Trinajstić information content (AvgIpc) is 3.06. The van der Waals surface area contributed by atoms with Crippen LogP contribution >= 0.6 is 0 Å². The highest BCUT2D eigenvalue weighted by molar-refractivity contribution is 6.03. The van der Waals surface area contributed by atoms with Gasteiger partial charge in [-0.25, -0.2) is 0 Å². The number of benzene rings is 1. The Labute approximate surface area is 109 Å². The van der Waals surface area contributed by atoms with Crippen LogP contribution in [0.4, 0.5) is 5.69 Å². The Bertz CT molecular complexity index is 621. The third-order valence-electron chi connectivity index (χ3n) is 2.88. The van der Waals surface area contributed by atoms with E-state index >= 15 is 0 Å². The molecule has 1 amide bonds. The largest absolute Gasteiger partial charge is 0.454 e. The second-order valence-electron chi connectivity index (χ2n) is 4.05. The smallest absolute Gasteiger partial charge is 0.273 e. The maximum absolute atomic E-state index is 12.1. The summed E-state index contributed by atoms with van der Waals surface area (Å²) in [5.74, 6) is 1.14. The van der Waals surface area contributed by atoms with Crippen LogP contribution in [0.5, 0.6) is 11.5 Å². The number of aromatic nitrogens is 2. The predicted octanol–water partition coefficient (Wildman–Crippen LogP) is 1.88. The van der Waals surface area contributed by atoms with Gasteiger partial charge in [-0.05, 0) is 25.1 Å². The molecule has 0 spiro atoms. The Hall–Kier alpha value is -2.50. The molecule has 0 unspecified atom stereocenters. The fraction of sp³-hybridized carbons (Fsp3) is 0.231. The van der Waals surface area contributed by atoms with E-state index in [9.17, 15) is 4.79 Å². The first-order valence-electron chi connectivity index (χ1n) is 6.00. The summed E-state index contributed by atoms with van der Waals surface area (Å²) in [6.45, 7) is 2.80. The number of ether oxygens (including phenoxy) is 2. The van der Waals surface area contributed by atoms with Crippen LogP contribution in [0, 0.1) is 0 Å². The fourth-order valence-electron chi connectivity index (χ4n) is 1.95. The van der Waals surface area contributed by atoms with E-state index in [0.717, 1.165) is 0 Å². The lowest BCUT2D eigenvalue weighted by molar-refractivity contribution is 0.101. The van der Waals surface area contributed by atoms with Crippen LogP contribution in [0.1, 0.15) is 17.4 Å². The molecule has 3 rings (SSSR count). The molecule has 0 saturated carbocycles. The molecule has 1 aliphatic rings. The quantitative estimate of drug-likeness (QED) is 0.914. The second kappa shape index (κ2) is 4.64. The number of rotatable bonds is 3. The van der Waals surface area contributed by atoms with Gasteiger partial charge in [0.1, 0.15) is 5.69 Å². The molecule has 6 heteroatoms. The van der Waals surface area contributed by atoms with E-state index < -0.39 is 0 Å². The minimum atomic E-state index is -0.196. The first-order valence-corrected chi connectivity index (χ1v) is 6.00. The molecule has 19 heavy (non-hydrogen) atoms. The number of nitrogens with zero attached hydrogens (tertiary/aromatic N) is 2. The van der Waals surface area contributed by atoms with Crippen molar-refractivity contribution in [2.45, 2.75) is 13.5 Å². The van der Waals surface area contributed by atoms with Crippen LogP contribution in [0.2, 0.25) is 0 Å². The summed E-state index contributed by atoms with van der Waals surface area (Å²) in [7, 11) is 0. The Kier molecular flexibility index (Phi) is 2.83. The molecule has 0 atom stereocenters. The molecule has 0 radical (unpaired) electrons. The number of hydrogen-bond donors (Lipinski definition) is 1. The lowest BCUT2D eigenvalue weighted by Gasteiger charge is -2.07. The maximum Gasteiger partial charge on any atom is 0.273 e. The minimum Gasteiger partial charge on any atom is -0.454 e. The topological polar surface area (TPSA) is 65.4 Å². The first-order chi connectivity index (χ1) is 9.28. The van der Waals surface area contributed by atoms with Gasteiger partial charge in [-0.3, -0.25) is 9.48 Å². The van der Waals surface area contributed by atoms with Crippen molar-refractivity contribution in [2.75, 3.05) is 12.1 Å². The number of carbonyl (C=O) groups excluding carboxylic acids is 1. The summed E-state index contributed by atoms with van der Waals surface area (Å²) < 4.78 is 12.1. The number of carbonyl (C=O) groups is 1. The predicted molar refractivity (Wildman–Crippen MR) is 68.4 cm³/mol. The van der Waals surface area contributed by atoms with Crippen LogP contribution < -0.4 is 14.8 Å². The van der Waals surface area contributed by atoms with Gasteiger partial charge in [0, 0.05) is 24.5 Å². The third kappa shape index (κ3) is 2.12. The zero-order valence-electron chi connectivity index (χ0n) is 10.4. The first kappa shape index (κ1) is 11.6. The normalized spacial score (nSPS) is 12.5. The number of fused-ring (bicyclic) bond motifs is 1. The standard InChI is InChI=1S/C13H13N3O3/c1-2-16-10(5-6-14-16)13(17)15-9-3-4-11-12(7-9)19-8-18-11/h3-7H,2,8H2,1H3,(H,15,17). The van der Waals surface area contributed by atoms with Gasteiger partial charge >= 0.3 is 0 Å². The monoisotopic (exact) mass is 259 g/mol. The van der Waals surface area contributed by atoms with Gasteiger partial charge in [0.2, 0.25) is 6.79 Å². The average molecular weight is 259 g/mol. The number of anilines is 1. The van der Waals surface area contributed by atoms with Gasteiger partial charge in [-0.15, -0.1) is 0 Å². The van der Waals surface area contributed by atoms with Crippen LogP contribution in [-0.2, 0) is 6.54 Å². The van der Waals surface area contributed by atoms with Gasteiger partial charge in [0.05, 0.1) is 0 Å². The summed E-state index contributed by atoms with van der Waals surface area (Å²) in [5, 5.41) is 6.88. The van der Waals surface area contributed by atoms with Gasteiger partial charge in [-0.2, -0.15) is 5.10 Å². The molecular weight excluding hydrogens is 246 g/mol. The zero-order valence-corrected chi connectivity index (χ0v) is 10.4. The summed E-state index contributed by atoms with van der Waals surface area (Å²) in [6, 6.07) is 6.98. The van der Waals surface area contributed by atoms with E-state index in [1.54, 1.807) is 35.1 Å². The van der Waals surface area contributed by atoms with Crippen molar-refractivity contribution in [3.05, 3.63) is 36.2 Å². The van der Waals surface area contributed by atoms with Crippen LogP contribution in [0.3, 0.4) is 0 Å². The fourth-order valence-corrected chi connectivity index (χ4v) is 1.95. The highest BCUT2D eigenvalue weighted by Crippen LogP contribution is 2.34. The molecule has 6 nitrogen and oxygen atoms in total. The molecule has 0 saturated heterocycles. The van der Waals surface area contributed by atoms with Crippen LogP contribution in [0.25, 0.3) is 0 Å². The molecule has 2 aromatic rings. The van der Waals surface area contributed by atoms with E-state index in [1.807, 2.05) is 6.92 Å². The highest BCUT2D eigenvalue weighted by atomic mass is 16.7. The maximum atomic E-state index is 12.1. The Morgan fingerprint density at radius 1 is 1.37 bits per heavy atom. The summed E-state index contributed by atoms with van der Waals surface area (Å²) in [4.78, 5) is 12.1. The Morgan fingerprint density at radius 3 is 3.05 bits per heavy atom. The summed E-state index contributed by atoms with van der Waals surface area (Å²) in [6.07, 6.45) is 1.61. The minimum absolute atomic E-state index is 0.196. The van der Waals surface area contributed by atoms with Crippen molar-refractivity contribution >= 4 is 11.6 Å². The van der Waals surface area contributed by atoms with Gasteiger partial charge in [0.15, 0.2) is 11.5 Å². The molecule has 2 heterocycles. The molecule has 0 aliphatic carbocycles. The molecule has 1 N–H and O–H groups in total. The number of amides is 1. The summed E-state index contributed by atoms with van der Waals surface area (Å²) in [5.41, 5.74) is 1.19. The van der Waals surface area contributed by atoms with Gasteiger partial charge in [0.25, 0.3) is 5.91 Å². The number of nitrogens with one attached hydrogen (secondary N) is 1. The van der Waals surface area contributed by atoms with Crippen molar-refractivity contribution < 1.29 is 14.3 Å². The molecule has 1 aromatic carbocycles. The number of hydrogen-bond acceptors (Lipinski definition) is 4. The molecule has 0 fully saturated rings. The van der Waals surface area contributed by atoms with Gasteiger partial charge in [-0.1, -0.05) is 0 Å². The van der Waals surface area contributed by atoms with Crippen molar-refractivity contribution in [1.82, 2.24) is 9.78 Å². The molecule has 1 aromatic heterocycles. The highest BCUT2D eigenvalue weighted by Gasteiger charge is 2.16. The Morgan fingerprint density at radius 2 is 2.21 bits per heavy atom. The van der Waals surface area contributed by atoms with E-state index in [2.05, 4.69) is 10.4 Å². The second-order valence-corrected chi connectivity index (χ2v) is 4.05. The number of aryl methyl sites for hydroxylation is 1. The van der Waals surface area contributed by atoms with E-state index in [0.29, 0.717) is 29.4 Å². The van der Waals surface area contributed by atoms with E-state index in [-0.39, 0.29) is 12.7 Å². The van der Waals surface area contributed by atoms with Crippen LogP contribution in [0.15, 0.2) is 30.5 Å². The van der Waals surface area contributed by atoms with Crippen LogP contribution in [-0.4, -0.2) is 22.5 Å². The molecule has 98 valence electrons.